The molecule has 156 valence electrons. The molecule has 2 aliphatic carbocycles. The zero-order valence-electron chi connectivity index (χ0n) is 18.2. The number of hydrogen-bond donors (Lipinski definition) is 0. The molecule has 0 spiro atoms. The Bertz CT molecular complexity index is 718. The van der Waals surface area contributed by atoms with Gasteiger partial charge in [-0.1, -0.05) is 50.3 Å². The molecular formula is C27H36O2. The quantitative estimate of drug-likeness (QED) is 0.410. The molecule has 1 aromatic rings. The third-order valence-electron chi connectivity index (χ3n) is 6.75. The maximum absolute atomic E-state index is 12.3. The summed E-state index contributed by atoms with van der Waals surface area (Å²) in [5.41, 5.74) is 1.89. The molecule has 0 saturated heterocycles. The van der Waals surface area contributed by atoms with Gasteiger partial charge in [-0.05, 0) is 93.4 Å². The van der Waals surface area contributed by atoms with Crippen LogP contribution in [0, 0.1) is 29.6 Å². The Morgan fingerprint density at radius 1 is 1.00 bits per heavy atom. The van der Waals surface area contributed by atoms with Crippen molar-refractivity contribution in [1.82, 2.24) is 0 Å². The Labute approximate surface area is 177 Å². The van der Waals surface area contributed by atoms with E-state index in [9.17, 15) is 4.79 Å². The van der Waals surface area contributed by atoms with Crippen molar-refractivity contribution in [2.75, 3.05) is 0 Å². The second-order valence-corrected chi connectivity index (χ2v) is 8.77. The second kappa shape index (κ2) is 11.2. The van der Waals surface area contributed by atoms with Gasteiger partial charge >= 0.3 is 5.97 Å². The van der Waals surface area contributed by atoms with Gasteiger partial charge in [-0.25, -0.2) is 4.79 Å². The van der Waals surface area contributed by atoms with Crippen molar-refractivity contribution in [2.45, 2.75) is 84.2 Å². The van der Waals surface area contributed by atoms with Crippen LogP contribution in [0.1, 0.15) is 87.6 Å². The summed E-state index contributed by atoms with van der Waals surface area (Å²) in [4.78, 5) is 12.3. The van der Waals surface area contributed by atoms with Gasteiger partial charge in [0.05, 0.1) is 5.56 Å². The SMILES string of the molecule is CCc1ccc(C(=O)OC2CCC(C#C/C=C/C3CCC(CC)CC3)CC2)cc1. The summed E-state index contributed by atoms with van der Waals surface area (Å²) in [5, 5.41) is 0. The maximum atomic E-state index is 12.3. The van der Waals surface area contributed by atoms with Gasteiger partial charge in [0.2, 0.25) is 0 Å². The van der Waals surface area contributed by atoms with Crippen molar-refractivity contribution in [2.24, 2.45) is 17.8 Å². The van der Waals surface area contributed by atoms with E-state index in [-0.39, 0.29) is 12.1 Å². The van der Waals surface area contributed by atoms with Crippen molar-refractivity contribution in [1.29, 1.82) is 0 Å². The minimum Gasteiger partial charge on any atom is -0.459 e. The van der Waals surface area contributed by atoms with Gasteiger partial charge in [-0.2, -0.15) is 0 Å². The molecule has 2 heteroatoms. The van der Waals surface area contributed by atoms with Crippen LogP contribution < -0.4 is 0 Å². The molecular weight excluding hydrogens is 356 g/mol. The van der Waals surface area contributed by atoms with E-state index >= 15 is 0 Å². The summed E-state index contributed by atoms with van der Waals surface area (Å²) in [6.45, 7) is 4.42. The van der Waals surface area contributed by atoms with Gasteiger partial charge in [0.15, 0.2) is 0 Å². The molecule has 29 heavy (non-hydrogen) atoms. The number of carbonyl (C=O) groups is 1. The topological polar surface area (TPSA) is 26.3 Å². The van der Waals surface area contributed by atoms with Crippen molar-refractivity contribution in [3.05, 3.63) is 47.5 Å². The van der Waals surface area contributed by atoms with Gasteiger partial charge in [0, 0.05) is 5.92 Å². The lowest BCUT2D eigenvalue weighted by Crippen LogP contribution is -2.24. The van der Waals surface area contributed by atoms with Gasteiger partial charge < -0.3 is 4.74 Å². The number of rotatable bonds is 5. The van der Waals surface area contributed by atoms with E-state index in [0.29, 0.717) is 11.5 Å². The molecule has 2 saturated carbocycles. The highest BCUT2D eigenvalue weighted by Gasteiger charge is 2.23. The molecule has 0 aliphatic heterocycles. The monoisotopic (exact) mass is 392 g/mol. The third-order valence-corrected chi connectivity index (χ3v) is 6.75. The van der Waals surface area contributed by atoms with Gasteiger partial charge in [-0.3, -0.25) is 0 Å². The fourth-order valence-corrected chi connectivity index (χ4v) is 4.56. The lowest BCUT2D eigenvalue weighted by atomic mass is 9.81. The maximum Gasteiger partial charge on any atom is 0.338 e. The van der Waals surface area contributed by atoms with Gasteiger partial charge in [0.25, 0.3) is 0 Å². The van der Waals surface area contributed by atoms with E-state index in [2.05, 4.69) is 37.8 Å². The predicted molar refractivity (Wildman–Crippen MR) is 120 cm³/mol. The number of hydrogen-bond acceptors (Lipinski definition) is 2. The first-order valence-electron chi connectivity index (χ1n) is 11.7. The van der Waals surface area contributed by atoms with Crippen LogP contribution in [0.5, 0.6) is 0 Å². The van der Waals surface area contributed by atoms with Crippen molar-refractivity contribution in [3.63, 3.8) is 0 Å². The first-order valence-corrected chi connectivity index (χ1v) is 11.7. The summed E-state index contributed by atoms with van der Waals surface area (Å²) < 4.78 is 5.72. The van der Waals surface area contributed by atoms with Gasteiger partial charge in [0.1, 0.15) is 6.10 Å². The van der Waals surface area contributed by atoms with Crippen LogP contribution in [-0.4, -0.2) is 12.1 Å². The van der Waals surface area contributed by atoms with Gasteiger partial charge in [-0.15, -0.1) is 0 Å². The number of ether oxygens (including phenoxy) is 1. The van der Waals surface area contributed by atoms with Crippen LogP contribution in [0.2, 0.25) is 0 Å². The number of aryl methyl sites for hydroxylation is 1. The molecule has 0 atom stereocenters. The number of esters is 1. The fourth-order valence-electron chi connectivity index (χ4n) is 4.56. The molecule has 2 nitrogen and oxygen atoms in total. The third kappa shape index (κ3) is 6.77. The molecule has 0 unspecified atom stereocenters. The lowest BCUT2D eigenvalue weighted by molar-refractivity contribution is 0.0188. The van der Waals surface area contributed by atoms with Crippen LogP contribution in [0.3, 0.4) is 0 Å². The summed E-state index contributed by atoms with van der Waals surface area (Å²) in [6.07, 6.45) is 16.1. The lowest BCUT2D eigenvalue weighted by Gasteiger charge is -2.25. The first-order chi connectivity index (χ1) is 14.2. The Balaban J connectivity index is 1.37. The fraction of sp³-hybridized carbons (Fsp3) is 0.593. The molecule has 0 amide bonds. The Morgan fingerprint density at radius 3 is 2.31 bits per heavy atom. The molecule has 0 aromatic heterocycles. The molecule has 0 radical (unpaired) electrons. The predicted octanol–water partition coefficient (Wildman–Crippen LogP) is 6.74. The van der Waals surface area contributed by atoms with Crippen molar-refractivity contribution >= 4 is 5.97 Å². The average molecular weight is 393 g/mol. The van der Waals surface area contributed by atoms with Crippen LogP contribution in [0.15, 0.2) is 36.4 Å². The standard InChI is InChI=1S/C27H36O2/c1-3-21-9-11-23(12-10-21)7-5-6-8-24-15-19-26(20-16-24)29-27(28)25-17-13-22(4-2)14-18-25/h5,7,13-14,17-18,21,23-24,26H,3-4,9-12,15-16,19-20H2,1-2H3/b7-5+. The normalized spacial score (nSPS) is 27.2. The zero-order valence-corrected chi connectivity index (χ0v) is 18.2. The molecule has 0 bridgehead atoms. The number of carbonyl (C=O) groups excluding carboxylic acids is 1. The van der Waals surface area contributed by atoms with Crippen LogP contribution in [0.4, 0.5) is 0 Å². The molecule has 1 aromatic carbocycles. The summed E-state index contributed by atoms with van der Waals surface area (Å²) in [5.74, 6) is 8.63. The molecule has 2 fully saturated rings. The minimum absolute atomic E-state index is 0.0377. The molecule has 2 aliphatic rings. The number of benzene rings is 1. The smallest absolute Gasteiger partial charge is 0.338 e. The van der Waals surface area contributed by atoms with Crippen LogP contribution >= 0.6 is 0 Å². The number of allylic oxidation sites excluding steroid dienone is 2. The summed E-state index contributed by atoms with van der Waals surface area (Å²) >= 11 is 0. The highest BCUT2D eigenvalue weighted by atomic mass is 16.5. The van der Waals surface area contributed by atoms with Crippen LogP contribution in [-0.2, 0) is 11.2 Å². The Kier molecular flexibility index (Phi) is 8.41. The first kappa shape index (κ1) is 21.7. The summed E-state index contributed by atoms with van der Waals surface area (Å²) in [6, 6.07) is 7.76. The minimum atomic E-state index is -0.192. The summed E-state index contributed by atoms with van der Waals surface area (Å²) in [7, 11) is 0. The van der Waals surface area contributed by atoms with E-state index in [1.807, 2.05) is 24.3 Å². The molecule has 0 N–H and O–H groups in total. The largest absolute Gasteiger partial charge is 0.459 e. The van der Waals surface area contributed by atoms with E-state index in [0.717, 1.165) is 43.9 Å². The Morgan fingerprint density at radius 2 is 1.69 bits per heavy atom. The van der Waals surface area contributed by atoms with Crippen LogP contribution in [0.25, 0.3) is 0 Å². The molecule has 3 rings (SSSR count). The molecule has 0 heterocycles. The van der Waals surface area contributed by atoms with E-state index < -0.39 is 0 Å². The van der Waals surface area contributed by atoms with Crippen molar-refractivity contribution < 1.29 is 9.53 Å². The average Bonchev–Trinajstić information content (AvgIpc) is 2.78. The Hall–Kier alpha value is -2.01. The van der Waals surface area contributed by atoms with E-state index in [4.69, 9.17) is 4.74 Å². The second-order valence-electron chi connectivity index (χ2n) is 8.77. The highest BCUT2D eigenvalue weighted by Crippen LogP contribution is 2.31. The van der Waals surface area contributed by atoms with E-state index in [1.165, 1.54) is 37.7 Å². The zero-order chi connectivity index (χ0) is 20.5. The van der Waals surface area contributed by atoms with Crippen molar-refractivity contribution in [3.8, 4) is 11.8 Å². The van der Waals surface area contributed by atoms with E-state index in [1.54, 1.807) is 0 Å². The highest BCUT2D eigenvalue weighted by molar-refractivity contribution is 5.89.